The second-order valence-electron chi connectivity index (χ2n) is 7.42. The number of hydrogen-bond acceptors (Lipinski definition) is 6. The summed E-state index contributed by atoms with van der Waals surface area (Å²) in [5.74, 6) is -0.307. The summed E-state index contributed by atoms with van der Waals surface area (Å²) >= 11 is 0. The normalized spacial score (nSPS) is 10.8. The van der Waals surface area contributed by atoms with E-state index < -0.39 is 10.2 Å². The Bertz CT molecular complexity index is 1160. The molecule has 0 saturated carbocycles. The molecule has 1 aromatic heterocycles. The van der Waals surface area contributed by atoms with Crippen LogP contribution in [0.15, 0.2) is 103 Å². The molecule has 0 unspecified atom stereocenters. The first-order valence-corrected chi connectivity index (χ1v) is 12.0. The lowest BCUT2D eigenvalue weighted by molar-refractivity contribution is -2.00. The molecular weight excluding hydrogens is 470 g/mol. The smallest absolute Gasteiger partial charge is 0.338 e. The molecule has 0 bridgehead atoms. The number of ether oxygens (including phenoxy) is 1. The molecule has 8 heteroatoms. The van der Waals surface area contributed by atoms with Gasteiger partial charge in [0.05, 0.1) is 12.2 Å². The summed E-state index contributed by atoms with van der Waals surface area (Å²) in [4.78, 5) is 12.6. The average molecular weight is 494 g/mol. The molecule has 0 spiro atoms. The molecule has 0 amide bonds. The van der Waals surface area contributed by atoms with E-state index in [0.29, 0.717) is 18.7 Å². The minimum Gasteiger partial charge on any atom is -0.462 e. The molecule has 0 aliphatic carbocycles. The minimum atomic E-state index is -4.94. The van der Waals surface area contributed by atoms with Gasteiger partial charge in [0.15, 0.2) is 6.54 Å². The van der Waals surface area contributed by atoms with Gasteiger partial charge in [-0.15, -0.1) is 10.2 Å². The number of esters is 1. The van der Waals surface area contributed by atoms with Crippen LogP contribution in [0.5, 0.6) is 0 Å². The van der Waals surface area contributed by atoms with Crippen LogP contribution in [0.1, 0.15) is 22.8 Å². The lowest BCUT2D eigenvalue weighted by Crippen LogP contribution is -2.68. The minimum absolute atomic E-state index is 0.307. The average Bonchev–Trinajstić information content (AvgIpc) is 2.85. The van der Waals surface area contributed by atoms with Gasteiger partial charge in [0.2, 0.25) is 11.4 Å². The number of hydrogen-bond donors (Lipinski definition) is 0. The molecule has 3 aromatic carbocycles. The Balaban J connectivity index is 0.000000623. The zero-order chi connectivity index (χ0) is 25.3. The molecule has 0 N–H and O–H groups in total. The molecule has 4 aromatic rings. The highest BCUT2D eigenvalue weighted by atomic mass is 35.7. The van der Waals surface area contributed by atoms with Crippen molar-refractivity contribution in [1.29, 1.82) is 0 Å². The Kier molecular flexibility index (Phi) is 9.08. The monoisotopic (exact) mass is 493 g/mol. The summed E-state index contributed by atoms with van der Waals surface area (Å²) < 4.78 is 41.6. The van der Waals surface area contributed by atoms with E-state index in [9.17, 15) is 4.79 Å². The van der Waals surface area contributed by atoms with Gasteiger partial charge < -0.3 is 4.74 Å². The van der Waals surface area contributed by atoms with E-state index in [1.807, 2.05) is 73.7 Å². The second-order valence-corrected chi connectivity index (χ2v) is 8.17. The third-order valence-electron chi connectivity index (χ3n) is 5.00. The fourth-order valence-corrected chi connectivity index (χ4v) is 3.59. The van der Waals surface area contributed by atoms with Crippen molar-refractivity contribution in [2.75, 3.05) is 6.61 Å². The molecule has 0 atom stereocenters. The predicted molar refractivity (Wildman–Crippen MR) is 119 cm³/mol. The molecule has 0 aliphatic heterocycles. The second kappa shape index (κ2) is 12.2. The Labute approximate surface area is 205 Å². The van der Waals surface area contributed by atoms with Gasteiger partial charge in [-0.2, -0.15) is 4.57 Å². The Morgan fingerprint density at radius 3 is 1.54 bits per heavy atom. The molecule has 4 rings (SSSR count). The Morgan fingerprint density at radius 1 is 0.743 bits per heavy atom. The van der Waals surface area contributed by atoms with Gasteiger partial charge in [-0.3, -0.25) is 0 Å². The summed E-state index contributed by atoms with van der Waals surface area (Å²) in [6.07, 6.45) is 0. The summed E-state index contributed by atoms with van der Waals surface area (Å²) in [7, 11) is -4.94. The third kappa shape index (κ3) is 7.99. The van der Waals surface area contributed by atoms with E-state index in [2.05, 4.69) is 41.0 Å². The summed E-state index contributed by atoms with van der Waals surface area (Å²) in [5.41, 5.74) is 5.81. The van der Waals surface area contributed by atoms with Crippen LogP contribution >= 0.6 is 0 Å². The van der Waals surface area contributed by atoms with Crippen LogP contribution in [-0.2, 0) is 11.3 Å². The standard InChI is InChI=1S/C27H24NO2.ClHO4/c1-2-30-27(29)24-18-25(22-14-8-4-9-15-22)28(20-21-12-6-3-7-13-21)26(19-24)23-16-10-5-11-17-23;2-1(3,4)5/h3-19H,2,20H2,1H3;(H,2,3,4,5)/q+1;/p-1. The van der Waals surface area contributed by atoms with Crippen molar-refractivity contribution in [2.24, 2.45) is 0 Å². The molecule has 7 nitrogen and oxygen atoms in total. The lowest BCUT2D eigenvalue weighted by Gasteiger charge is -2.17. The maximum absolute atomic E-state index is 12.6. The number of benzene rings is 3. The summed E-state index contributed by atoms with van der Waals surface area (Å²) in [6, 6.07) is 34.6. The highest BCUT2D eigenvalue weighted by molar-refractivity contribution is 5.91. The van der Waals surface area contributed by atoms with Crippen molar-refractivity contribution in [3.63, 3.8) is 0 Å². The van der Waals surface area contributed by atoms with Crippen LogP contribution in [0.2, 0.25) is 0 Å². The van der Waals surface area contributed by atoms with Crippen molar-refractivity contribution < 1.29 is 43.0 Å². The summed E-state index contributed by atoms with van der Waals surface area (Å²) in [6.45, 7) is 2.87. The van der Waals surface area contributed by atoms with E-state index in [1.165, 1.54) is 5.56 Å². The van der Waals surface area contributed by atoms with E-state index >= 15 is 0 Å². The van der Waals surface area contributed by atoms with Crippen LogP contribution < -0.4 is 23.2 Å². The largest absolute Gasteiger partial charge is 0.462 e. The topological polar surface area (TPSA) is 122 Å². The maximum Gasteiger partial charge on any atom is 0.338 e. The van der Waals surface area contributed by atoms with Gasteiger partial charge in [-0.05, 0) is 31.2 Å². The molecule has 0 fully saturated rings. The maximum atomic E-state index is 12.6. The Morgan fingerprint density at radius 2 is 1.14 bits per heavy atom. The quantitative estimate of drug-likeness (QED) is 0.289. The van der Waals surface area contributed by atoms with Crippen molar-refractivity contribution in [1.82, 2.24) is 0 Å². The number of rotatable bonds is 6. The van der Waals surface area contributed by atoms with Gasteiger partial charge in [0.25, 0.3) is 0 Å². The van der Waals surface area contributed by atoms with E-state index in [-0.39, 0.29) is 5.97 Å². The van der Waals surface area contributed by atoms with Crippen LogP contribution in [0.4, 0.5) is 0 Å². The molecule has 35 heavy (non-hydrogen) atoms. The fraction of sp³-hybridized carbons (Fsp3) is 0.111. The first kappa shape index (κ1) is 26.0. The first-order chi connectivity index (χ1) is 16.8. The van der Waals surface area contributed by atoms with E-state index in [4.69, 9.17) is 23.4 Å². The van der Waals surface area contributed by atoms with Gasteiger partial charge in [0, 0.05) is 28.8 Å². The Hall–Kier alpha value is -3.59. The van der Waals surface area contributed by atoms with Crippen molar-refractivity contribution in [2.45, 2.75) is 13.5 Å². The van der Waals surface area contributed by atoms with Crippen molar-refractivity contribution in [3.8, 4) is 22.5 Å². The van der Waals surface area contributed by atoms with E-state index in [1.54, 1.807) is 0 Å². The number of carbonyl (C=O) groups excluding carboxylic acids is 1. The SMILES string of the molecule is CCOC(=O)c1cc(-c2ccccc2)[n+](Cc2ccccc2)c(-c2ccccc2)c1.[O-][Cl+3]([O-])([O-])[O-]. The summed E-state index contributed by atoms with van der Waals surface area (Å²) in [5, 5.41) is 0. The zero-order valence-corrected chi connectivity index (χ0v) is 19.8. The number of aromatic nitrogens is 1. The van der Waals surface area contributed by atoms with Gasteiger partial charge in [-0.1, -0.05) is 66.7 Å². The number of nitrogens with zero attached hydrogens (tertiary/aromatic N) is 1. The number of halogens is 1. The van der Waals surface area contributed by atoms with Crippen LogP contribution in [-0.4, -0.2) is 12.6 Å². The number of carbonyl (C=O) groups is 1. The van der Waals surface area contributed by atoms with Gasteiger partial charge in [-0.25, -0.2) is 23.4 Å². The fourth-order valence-electron chi connectivity index (χ4n) is 3.59. The molecule has 0 saturated heterocycles. The van der Waals surface area contributed by atoms with E-state index in [0.717, 1.165) is 22.5 Å². The molecule has 0 radical (unpaired) electrons. The van der Waals surface area contributed by atoms with Crippen LogP contribution in [0, 0.1) is 10.2 Å². The predicted octanol–water partition coefficient (Wildman–Crippen LogP) is 0.777. The van der Waals surface area contributed by atoms with Gasteiger partial charge in [0.1, 0.15) is 0 Å². The zero-order valence-electron chi connectivity index (χ0n) is 19.0. The van der Waals surface area contributed by atoms with Crippen molar-refractivity contribution >= 4 is 5.97 Å². The molecule has 180 valence electrons. The highest BCUT2D eigenvalue weighted by Gasteiger charge is 2.25. The third-order valence-corrected chi connectivity index (χ3v) is 5.00. The molecule has 0 aliphatic rings. The lowest BCUT2D eigenvalue weighted by atomic mass is 10.0. The van der Waals surface area contributed by atoms with Crippen LogP contribution in [0.3, 0.4) is 0 Å². The molecular formula is C27H24ClNO6. The van der Waals surface area contributed by atoms with Crippen LogP contribution in [0.25, 0.3) is 22.5 Å². The first-order valence-electron chi connectivity index (χ1n) is 10.8. The molecule has 1 heterocycles. The van der Waals surface area contributed by atoms with Crippen molar-refractivity contribution in [3.05, 3.63) is 114 Å². The highest BCUT2D eigenvalue weighted by Crippen LogP contribution is 2.24. The van der Waals surface area contributed by atoms with Gasteiger partial charge >= 0.3 is 5.97 Å². The number of pyridine rings is 1.